The SMILES string of the molecule is CCCOCCOCCNC(=O)CCC(=O)OC(C(=O)OC1CC2(O)C(C)C3C4(O)COC4CC(O)[C@@]3(C)C(=O)C(O)C(=C1C)C2(C)C)C(NC(=O)c1ccccc1)c1ccccc1.[Ac].[Ac]. The molecule has 16 nitrogen and oxygen atoms in total. The zero-order valence-electron chi connectivity index (χ0n) is 38.7. The van der Waals surface area contributed by atoms with Gasteiger partial charge in [0, 0.05) is 137 Å². The fourth-order valence-corrected chi connectivity index (χ4v) is 10.6. The van der Waals surface area contributed by atoms with Crippen LogP contribution in [0.2, 0.25) is 0 Å². The fraction of sp³-hybridized carbons (Fsp3) is 0.604. The van der Waals surface area contributed by atoms with E-state index in [1.165, 1.54) is 6.92 Å². The van der Waals surface area contributed by atoms with E-state index in [4.69, 9.17) is 23.7 Å². The molecule has 0 spiro atoms. The van der Waals surface area contributed by atoms with E-state index >= 15 is 0 Å². The minimum atomic E-state index is -1.89. The predicted molar refractivity (Wildman–Crippen MR) is 230 cm³/mol. The molecule has 2 radical (unpaired) electrons. The molecule has 1 heterocycles. The Balaban J connectivity index is 0.00000476. The van der Waals surface area contributed by atoms with E-state index in [0.717, 1.165) is 6.42 Å². The first kappa shape index (κ1) is 56.9. The average Bonchev–Trinajstić information content (AvgIpc) is 3.27. The molecule has 1 saturated heterocycles. The number of Topliss-reactive ketones (excluding diaryl/α,β-unsaturated/α-hetero) is 1. The van der Waals surface area contributed by atoms with Gasteiger partial charge < -0.3 is 54.7 Å². The second kappa shape index (κ2) is 24.0. The van der Waals surface area contributed by atoms with E-state index in [1.54, 1.807) is 88.4 Å². The summed E-state index contributed by atoms with van der Waals surface area (Å²) in [4.78, 5) is 69.6. The molecule has 18 heteroatoms. The molecule has 4 aliphatic rings. The largest absolute Gasteiger partial charge is 0.455 e. The Morgan fingerprint density at radius 2 is 1.52 bits per heavy atom. The van der Waals surface area contributed by atoms with Gasteiger partial charge >= 0.3 is 11.9 Å². The molecule has 2 saturated carbocycles. The van der Waals surface area contributed by atoms with E-state index in [-0.39, 0.29) is 144 Å². The first-order valence-corrected chi connectivity index (χ1v) is 22.2. The molecule has 2 aromatic rings. The summed E-state index contributed by atoms with van der Waals surface area (Å²) in [6.45, 7) is 11.8. The standard InChI is InChI=1S/C48H64N2O14.2Ac/c1-7-21-60-23-24-61-22-20-49-35(52)18-19-36(53)64-40(38(30-14-10-8-11-15-30)50-43(56)31-16-12-9-13-17-31)44(57)63-32-26-48(59)29(3)41-46(6,33(51)25-34-47(41,58)27-62-34)42(55)39(54)37(28(32)2)45(48,4)5;;/h8-17,29,32-34,38-41,51,54,58-59H,7,18-27H2,1-6H3,(H,49,52)(H,50,56);;/t29?,32?,33?,34?,38?,39?,40?,41?,46-,47?,48?;;/m1../s1. The third-order valence-electron chi connectivity index (χ3n) is 14.2. The summed E-state index contributed by atoms with van der Waals surface area (Å²) in [5.74, 6) is -5.93. The van der Waals surface area contributed by atoms with Gasteiger partial charge in [0.15, 0.2) is 5.78 Å². The van der Waals surface area contributed by atoms with Crippen molar-refractivity contribution in [1.29, 1.82) is 0 Å². The van der Waals surface area contributed by atoms with Gasteiger partial charge in [0.2, 0.25) is 12.0 Å². The number of benzene rings is 2. The Bertz CT molecular complexity index is 2060. The Hall–Kier alpha value is -1.67. The minimum Gasteiger partial charge on any atom is -0.455 e. The number of hydrogen-bond donors (Lipinski definition) is 6. The molecular weight excluding hydrogens is 1280 g/mol. The van der Waals surface area contributed by atoms with Crippen LogP contribution in [0.3, 0.4) is 0 Å². The van der Waals surface area contributed by atoms with Gasteiger partial charge in [-0.3, -0.25) is 19.2 Å². The molecular formula is C48H64Ac2N2O14. The van der Waals surface area contributed by atoms with Crippen LogP contribution in [0.1, 0.15) is 95.6 Å². The van der Waals surface area contributed by atoms with Crippen LogP contribution in [0, 0.1) is 111 Å². The molecule has 0 aromatic heterocycles. The van der Waals surface area contributed by atoms with Crippen molar-refractivity contribution < 1.29 is 156 Å². The number of ketones is 1. The molecule has 10 unspecified atom stereocenters. The molecule has 66 heavy (non-hydrogen) atoms. The molecule has 2 aromatic carbocycles. The smallest absolute Gasteiger partial charge is 0.350 e. The Labute approximate surface area is 458 Å². The van der Waals surface area contributed by atoms with Crippen LogP contribution in [-0.4, -0.2) is 131 Å². The fourth-order valence-electron chi connectivity index (χ4n) is 10.6. The summed E-state index contributed by atoms with van der Waals surface area (Å²) in [6, 6.07) is 15.2. The third-order valence-corrected chi connectivity index (χ3v) is 14.2. The summed E-state index contributed by atoms with van der Waals surface area (Å²) in [5.41, 5.74) is -5.57. The van der Waals surface area contributed by atoms with Crippen molar-refractivity contribution in [2.45, 2.75) is 121 Å². The molecule has 11 atom stereocenters. The van der Waals surface area contributed by atoms with Crippen LogP contribution in [0.25, 0.3) is 0 Å². The van der Waals surface area contributed by atoms with Crippen molar-refractivity contribution in [3.8, 4) is 0 Å². The van der Waals surface area contributed by atoms with Crippen LogP contribution in [0.15, 0.2) is 71.8 Å². The van der Waals surface area contributed by atoms with Crippen molar-refractivity contribution in [2.24, 2.45) is 22.7 Å². The average molecular weight is 1350 g/mol. The number of ether oxygens (including phenoxy) is 5. The van der Waals surface area contributed by atoms with Crippen LogP contribution < -0.4 is 10.6 Å². The van der Waals surface area contributed by atoms with Crippen LogP contribution in [-0.2, 0) is 42.9 Å². The van der Waals surface area contributed by atoms with Gasteiger partial charge in [-0.2, -0.15) is 0 Å². The normalized spacial score (nSPS) is 30.5. The molecule has 356 valence electrons. The first-order valence-electron chi connectivity index (χ1n) is 22.2. The van der Waals surface area contributed by atoms with Gasteiger partial charge in [-0.25, -0.2) is 4.79 Å². The Morgan fingerprint density at radius 3 is 2.12 bits per heavy atom. The molecule has 6 N–H and O–H groups in total. The second-order valence-corrected chi connectivity index (χ2v) is 18.3. The number of rotatable bonds is 18. The number of aliphatic hydroxyl groups excluding tert-OH is 2. The molecule has 3 fully saturated rings. The van der Waals surface area contributed by atoms with E-state index < -0.39 is 106 Å². The van der Waals surface area contributed by atoms with Gasteiger partial charge in [-0.1, -0.05) is 76.2 Å². The summed E-state index contributed by atoms with van der Waals surface area (Å²) in [7, 11) is 0. The topological polar surface area (TPSA) is 236 Å². The van der Waals surface area contributed by atoms with Crippen molar-refractivity contribution in [3.05, 3.63) is 82.9 Å². The second-order valence-electron chi connectivity index (χ2n) is 18.3. The van der Waals surface area contributed by atoms with Crippen molar-refractivity contribution in [1.82, 2.24) is 10.6 Å². The summed E-state index contributed by atoms with van der Waals surface area (Å²) in [6.07, 6.45) is -7.36. The molecule has 6 rings (SSSR count). The maximum Gasteiger partial charge on any atom is 0.350 e. The summed E-state index contributed by atoms with van der Waals surface area (Å²) in [5, 5.41) is 54.3. The van der Waals surface area contributed by atoms with Gasteiger partial charge in [-0.05, 0) is 55.0 Å². The Kier molecular flexibility index (Phi) is 20.7. The van der Waals surface area contributed by atoms with Gasteiger partial charge in [0.25, 0.3) is 5.91 Å². The van der Waals surface area contributed by atoms with Crippen LogP contribution in [0.4, 0.5) is 0 Å². The number of amides is 2. The van der Waals surface area contributed by atoms with E-state index in [0.29, 0.717) is 25.4 Å². The van der Waals surface area contributed by atoms with Crippen LogP contribution >= 0.6 is 0 Å². The number of carbonyl (C=O) groups is 5. The predicted octanol–water partition coefficient (Wildman–Crippen LogP) is 2.90. The van der Waals surface area contributed by atoms with Gasteiger partial charge in [0.1, 0.15) is 23.9 Å². The first-order chi connectivity index (χ1) is 30.3. The Morgan fingerprint density at radius 1 is 0.894 bits per heavy atom. The number of aliphatic hydroxyl groups is 4. The van der Waals surface area contributed by atoms with E-state index in [9.17, 15) is 44.4 Å². The quantitative estimate of drug-likeness (QED) is 0.0716. The van der Waals surface area contributed by atoms with Crippen molar-refractivity contribution >= 4 is 29.5 Å². The van der Waals surface area contributed by atoms with Crippen molar-refractivity contribution in [3.63, 3.8) is 0 Å². The number of carbonyl (C=O) groups excluding carboxylic acids is 5. The number of nitrogens with one attached hydrogen (secondary N) is 2. The molecule has 1 aliphatic heterocycles. The number of fused-ring (bicyclic) bond motifs is 5. The third kappa shape index (κ3) is 11.4. The summed E-state index contributed by atoms with van der Waals surface area (Å²) >= 11 is 0. The molecule has 2 amide bonds. The monoisotopic (exact) mass is 1350 g/mol. The van der Waals surface area contributed by atoms with Crippen LogP contribution in [0.5, 0.6) is 0 Å². The number of esters is 2. The molecule has 2 bridgehead atoms. The van der Waals surface area contributed by atoms with Gasteiger partial charge in [0.05, 0.1) is 56.1 Å². The maximum atomic E-state index is 14.8. The van der Waals surface area contributed by atoms with E-state index in [1.807, 2.05) is 6.92 Å². The number of hydrogen-bond acceptors (Lipinski definition) is 14. The maximum absolute atomic E-state index is 14.8. The van der Waals surface area contributed by atoms with Gasteiger partial charge in [-0.15, -0.1) is 0 Å². The zero-order chi connectivity index (χ0) is 46.6. The zero-order valence-corrected chi connectivity index (χ0v) is 48.2. The summed E-state index contributed by atoms with van der Waals surface area (Å²) < 4.78 is 28.6. The van der Waals surface area contributed by atoms with E-state index in [2.05, 4.69) is 10.6 Å². The minimum absolute atomic E-state index is 0. The molecule has 3 aliphatic carbocycles. The van der Waals surface area contributed by atoms with Crippen molar-refractivity contribution in [2.75, 3.05) is 39.6 Å².